The molecule has 1 aliphatic heterocycles. The van der Waals surface area contributed by atoms with Crippen LogP contribution in [0.3, 0.4) is 0 Å². The second-order valence-electron chi connectivity index (χ2n) is 4.40. The molecule has 3 radical (unpaired) electrons. The minimum atomic E-state index is 1.08. The standard InChI is InChI=1S/C13H10.B3H3N3/c1-4-10-6-2-8-12-9-3-7-11(5-1)13(10)12;1-4-2-6-3-5-1/h1-8H,9H2;4-6H. The van der Waals surface area contributed by atoms with E-state index in [4.69, 9.17) is 0 Å². The molecule has 0 saturated carbocycles. The van der Waals surface area contributed by atoms with Crippen molar-refractivity contribution in [2.45, 2.75) is 6.42 Å². The van der Waals surface area contributed by atoms with Gasteiger partial charge in [0, 0.05) is 0 Å². The zero-order chi connectivity index (χ0) is 12.9. The third kappa shape index (κ3) is 2.92. The quantitative estimate of drug-likeness (QED) is 0.599. The summed E-state index contributed by atoms with van der Waals surface area (Å²) in [6.45, 7) is 0. The van der Waals surface area contributed by atoms with Gasteiger partial charge in [-0.3, -0.25) is 0 Å². The molecule has 2 aromatic carbocycles. The largest absolute Gasteiger partial charge is 0.379 e. The van der Waals surface area contributed by atoms with E-state index in [-0.39, 0.29) is 0 Å². The van der Waals surface area contributed by atoms with Crippen molar-refractivity contribution >= 4 is 39.5 Å². The zero-order valence-corrected chi connectivity index (χ0v) is 10.6. The third-order valence-electron chi connectivity index (χ3n) is 3.16. The highest BCUT2D eigenvalue weighted by atomic mass is 15.0. The number of benzene rings is 2. The number of allylic oxidation sites excluding steroid dienone is 1. The lowest BCUT2D eigenvalue weighted by atomic mass is 9.85. The van der Waals surface area contributed by atoms with E-state index in [0.29, 0.717) is 0 Å². The fourth-order valence-electron chi connectivity index (χ4n) is 2.34. The van der Waals surface area contributed by atoms with Crippen molar-refractivity contribution in [2.75, 3.05) is 0 Å². The van der Waals surface area contributed by atoms with Gasteiger partial charge < -0.3 is 15.4 Å². The summed E-state index contributed by atoms with van der Waals surface area (Å²) in [6, 6.07) is 13.0. The lowest BCUT2D eigenvalue weighted by Crippen LogP contribution is -2.55. The molecular formula is C13H13B3N3. The van der Waals surface area contributed by atoms with Crippen molar-refractivity contribution in [3.05, 3.63) is 53.6 Å². The highest BCUT2D eigenvalue weighted by molar-refractivity contribution is 6.65. The molecular weight excluding hydrogens is 231 g/mol. The van der Waals surface area contributed by atoms with Crippen LogP contribution in [0.5, 0.6) is 0 Å². The molecule has 3 N–H and O–H groups in total. The van der Waals surface area contributed by atoms with Crippen molar-refractivity contribution < 1.29 is 0 Å². The minimum absolute atomic E-state index is 1.08. The Labute approximate surface area is 115 Å². The van der Waals surface area contributed by atoms with Crippen molar-refractivity contribution in [2.24, 2.45) is 0 Å². The van der Waals surface area contributed by atoms with E-state index < -0.39 is 0 Å². The summed E-state index contributed by atoms with van der Waals surface area (Å²) < 4.78 is 0. The number of nitrogens with one attached hydrogen (secondary N) is 3. The molecule has 1 heterocycles. The Balaban J connectivity index is 0.000000155. The molecule has 2 aliphatic rings. The Kier molecular flexibility index (Phi) is 4.03. The maximum atomic E-state index is 2.78. The van der Waals surface area contributed by atoms with Crippen LogP contribution in [0.4, 0.5) is 0 Å². The Morgan fingerprint density at radius 1 is 0.842 bits per heavy atom. The third-order valence-corrected chi connectivity index (χ3v) is 3.16. The van der Waals surface area contributed by atoms with Crippen LogP contribution in [0.25, 0.3) is 16.8 Å². The molecule has 1 aliphatic carbocycles. The van der Waals surface area contributed by atoms with E-state index in [9.17, 15) is 0 Å². The summed E-state index contributed by atoms with van der Waals surface area (Å²) in [5, 5.41) is 11.1. The monoisotopic (exact) mass is 244 g/mol. The van der Waals surface area contributed by atoms with Crippen LogP contribution in [-0.2, 0) is 6.42 Å². The van der Waals surface area contributed by atoms with Crippen LogP contribution in [0.15, 0.2) is 42.5 Å². The maximum absolute atomic E-state index is 2.78. The maximum Gasteiger partial charge on any atom is 0.284 e. The van der Waals surface area contributed by atoms with Gasteiger partial charge in [-0.25, -0.2) is 0 Å². The van der Waals surface area contributed by atoms with E-state index in [0.717, 1.165) is 6.42 Å². The average Bonchev–Trinajstić information content (AvgIpc) is 2.51. The van der Waals surface area contributed by atoms with Gasteiger partial charge in [-0.15, -0.1) is 0 Å². The first kappa shape index (κ1) is 12.5. The second kappa shape index (κ2) is 6.11. The van der Waals surface area contributed by atoms with Gasteiger partial charge in [0.15, 0.2) is 0 Å². The van der Waals surface area contributed by atoms with Crippen LogP contribution in [0, 0.1) is 0 Å². The van der Waals surface area contributed by atoms with Crippen LogP contribution in [0.2, 0.25) is 0 Å². The highest BCUT2D eigenvalue weighted by Crippen LogP contribution is 2.27. The van der Waals surface area contributed by atoms with Gasteiger partial charge >= 0.3 is 0 Å². The van der Waals surface area contributed by atoms with Gasteiger partial charge in [0.1, 0.15) is 0 Å². The molecule has 0 bridgehead atoms. The molecule has 1 saturated heterocycles. The van der Waals surface area contributed by atoms with Crippen molar-refractivity contribution in [3.8, 4) is 0 Å². The molecule has 1 fully saturated rings. The van der Waals surface area contributed by atoms with Gasteiger partial charge in [0.05, 0.1) is 0 Å². The fourth-order valence-corrected chi connectivity index (χ4v) is 2.34. The molecule has 89 valence electrons. The van der Waals surface area contributed by atoms with E-state index in [1.807, 2.05) is 0 Å². The van der Waals surface area contributed by atoms with E-state index in [1.165, 1.54) is 21.9 Å². The predicted molar refractivity (Wildman–Crippen MR) is 83.4 cm³/mol. The summed E-state index contributed by atoms with van der Waals surface area (Å²) in [7, 11) is 5.16. The predicted octanol–water partition coefficient (Wildman–Crippen LogP) is 0.780. The molecule has 3 nitrogen and oxygen atoms in total. The molecule has 0 aromatic heterocycles. The van der Waals surface area contributed by atoms with E-state index in [2.05, 4.69) is 64.0 Å². The van der Waals surface area contributed by atoms with E-state index >= 15 is 0 Å². The first-order valence-corrected chi connectivity index (χ1v) is 6.35. The summed E-state index contributed by atoms with van der Waals surface area (Å²) in [6.07, 6.45) is 5.53. The van der Waals surface area contributed by atoms with Gasteiger partial charge in [0.25, 0.3) is 22.6 Å². The lowest BCUT2D eigenvalue weighted by molar-refractivity contribution is 1.28. The van der Waals surface area contributed by atoms with Crippen LogP contribution in [-0.4, -0.2) is 22.6 Å². The Morgan fingerprint density at radius 3 is 2.21 bits per heavy atom. The normalized spacial score (nSPS) is 15.6. The van der Waals surface area contributed by atoms with Gasteiger partial charge in [-0.2, -0.15) is 0 Å². The number of hydrogen-bond donors (Lipinski definition) is 3. The first-order valence-electron chi connectivity index (χ1n) is 6.35. The molecule has 0 atom stereocenters. The summed E-state index contributed by atoms with van der Waals surface area (Å²) >= 11 is 0. The van der Waals surface area contributed by atoms with Crippen LogP contribution < -0.4 is 15.4 Å². The van der Waals surface area contributed by atoms with Crippen LogP contribution >= 0.6 is 0 Å². The number of hydrogen-bond acceptors (Lipinski definition) is 3. The molecule has 0 spiro atoms. The minimum Gasteiger partial charge on any atom is -0.379 e. The van der Waals surface area contributed by atoms with Gasteiger partial charge in [-0.05, 0) is 28.3 Å². The molecule has 2 aromatic rings. The van der Waals surface area contributed by atoms with Crippen molar-refractivity contribution in [3.63, 3.8) is 0 Å². The Morgan fingerprint density at radius 2 is 1.53 bits per heavy atom. The molecule has 6 heteroatoms. The topological polar surface area (TPSA) is 36.1 Å². The summed E-state index contributed by atoms with van der Waals surface area (Å²) in [5.74, 6) is 0. The Bertz CT molecular complexity index is 580. The Hall–Kier alpha value is -1.49. The summed E-state index contributed by atoms with van der Waals surface area (Å²) in [4.78, 5) is 0. The van der Waals surface area contributed by atoms with Gasteiger partial charge in [0.2, 0.25) is 0 Å². The van der Waals surface area contributed by atoms with Crippen molar-refractivity contribution in [1.82, 2.24) is 15.4 Å². The number of rotatable bonds is 0. The van der Waals surface area contributed by atoms with Crippen LogP contribution in [0.1, 0.15) is 11.1 Å². The van der Waals surface area contributed by atoms with E-state index in [1.54, 1.807) is 22.6 Å². The fraction of sp³-hybridized carbons (Fsp3) is 0.0769. The SMILES string of the molecule is C1=Cc2cccc3cccc(c23)C1.[B]1N[B]N[B]N1. The molecule has 4 rings (SSSR count). The lowest BCUT2D eigenvalue weighted by Gasteiger charge is -2.11. The highest BCUT2D eigenvalue weighted by Gasteiger charge is 2.06. The zero-order valence-electron chi connectivity index (χ0n) is 10.6. The first-order chi connectivity index (χ1) is 9.45. The molecule has 0 amide bonds. The molecule has 0 unspecified atom stereocenters. The second-order valence-corrected chi connectivity index (χ2v) is 4.40. The molecule has 19 heavy (non-hydrogen) atoms. The smallest absolute Gasteiger partial charge is 0.284 e. The average molecular weight is 244 g/mol. The van der Waals surface area contributed by atoms with Crippen molar-refractivity contribution in [1.29, 1.82) is 0 Å². The summed E-state index contributed by atoms with van der Waals surface area (Å²) in [5.41, 5.74) is 2.81. The van der Waals surface area contributed by atoms with Gasteiger partial charge in [-0.1, -0.05) is 48.6 Å².